The van der Waals surface area contributed by atoms with Crippen LogP contribution in [0.25, 0.3) is 6.08 Å². The second kappa shape index (κ2) is 23.3. The van der Waals surface area contributed by atoms with E-state index in [-0.39, 0.29) is 6.61 Å². The van der Waals surface area contributed by atoms with E-state index in [1.807, 2.05) is 36.4 Å². The number of hydrogen-bond donors (Lipinski definition) is 1. The first-order valence-electron chi connectivity index (χ1n) is 6.95. The van der Waals surface area contributed by atoms with Gasteiger partial charge in [0.1, 0.15) is 18.6 Å². The summed E-state index contributed by atoms with van der Waals surface area (Å²) in [6, 6.07) is 11.5. The summed E-state index contributed by atoms with van der Waals surface area (Å²) in [4.78, 5) is 28.4. The number of allylic oxidation sites excluding steroid dienone is 1. The van der Waals surface area contributed by atoms with Crippen LogP contribution in [0.1, 0.15) is 5.56 Å². The summed E-state index contributed by atoms with van der Waals surface area (Å²) < 4.78 is 4.47. The van der Waals surface area contributed by atoms with E-state index in [2.05, 4.69) is 31.1 Å². The molecule has 0 amide bonds. The van der Waals surface area contributed by atoms with Gasteiger partial charge in [0.2, 0.25) is 0 Å². The standard InChI is InChI=1S/C8H8.C6H8O2.C3HNO.C3H4O2/c1-2-8-6-4-3-5-7-8;1-3-5-8-6(7)4-2;4-2-1-3-5;1-2-3(4)5/h2-7H,1H2;3-4H,1-2,5H2;1H;2H,1H2,(H,4,5). The molecule has 0 fully saturated rings. The molecule has 1 aromatic rings. The van der Waals surface area contributed by atoms with Gasteiger partial charge < -0.3 is 9.84 Å². The molecule has 0 aliphatic carbocycles. The van der Waals surface area contributed by atoms with Gasteiger partial charge in [0.25, 0.3) is 0 Å². The molecule has 6 heteroatoms. The average molecular weight is 355 g/mol. The summed E-state index contributed by atoms with van der Waals surface area (Å²) in [6.07, 6.45) is 6.03. The summed E-state index contributed by atoms with van der Waals surface area (Å²) in [7, 11) is 0. The molecule has 0 heterocycles. The van der Waals surface area contributed by atoms with Crippen LogP contribution in [0.15, 0.2) is 81.0 Å². The van der Waals surface area contributed by atoms with E-state index < -0.39 is 11.9 Å². The van der Waals surface area contributed by atoms with Crippen LogP contribution in [0.2, 0.25) is 0 Å². The Morgan fingerprint density at radius 1 is 1.12 bits per heavy atom. The van der Waals surface area contributed by atoms with Gasteiger partial charge in [-0.2, -0.15) is 5.26 Å². The Kier molecular flexibility index (Phi) is 24.2. The molecule has 0 atom stereocenters. The Morgan fingerprint density at radius 3 is 1.88 bits per heavy atom. The first kappa shape index (κ1) is 26.9. The van der Waals surface area contributed by atoms with Crippen molar-refractivity contribution in [1.29, 1.82) is 5.26 Å². The van der Waals surface area contributed by atoms with Crippen LogP contribution in [0.5, 0.6) is 0 Å². The van der Waals surface area contributed by atoms with E-state index in [1.54, 1.807) is 0 Å². The highest BCUT2D eigenvalue weighted by Crippen LogP contribution is 1.97. The second-order valence-corrected chi connectivity index (χ2v) is 3.67. The van der Waals surface area contributed by atoms with Gasteiger partial charge in [-0.25, -0.2) is 14.4 Å². The molecule has 1 N–H and O–H groups in total. The molecule has 26 heavy (non-hydrogen) atoms. The molecule has 0 saturated heterocycles. The topological polar surface area (TPSA) is 104 Å². The quantitative estimate of drug-likeness (QED) is 0.285. The Bertz CT molecular complexity index is 651. The molecule has 0 bridgehead atoms. The molecular weight excluding hydrogens is 334 g/mol. The zero-order valence-electron chi connectivity index (χ0n) is 14.3. The Labute approximate surface area is 153 Å². The van der Waals surface area contributed by atoms with Crippen LogP contribution in [-0.2, 0) is 19.1 Å². The number of carboxylic acids is 1. The first-order chi connectivity index (χ1) is 12.4. The number of benzene rings is 1. The Morgan fingerprint density at radius 2 is 1.65 bits per heavy atom. The van der Waals surface area contributed by atoms with E-state index in [0.29, 0.717) is 0 Å². The molecule has 1 aromatic carbocycles. The first-order valence-corrected chi connectivity index (χ1v) is 6.95. The van der Waals surface area contributed by atoms with Crippen molar-refractivity contribution in [3.05, 3.63) is 86.5 Å². The van der Waals surface area contributed by atoms with Gasteiger partial charge in [0.05, 0.1) is 6.08 Å². The normalized spacial score (nSPS) is 6.88. The van der Waals surface area contributed by atoms with Gasteiger partial charge in [0, 0.05) is 12.2 Å². The fourth-order valence-electron chi connectivity index (χ4n) is 0.815. The van der Waals surface area contributed by atoms with Crippen molar-refractivity contribution in [3.63, 3.8) is 0 Å². The number of carbonyl (C=O) groups is 2. The summed E-state index contributed by atoms with van der Waals surface area (Å²) in [5.74, 6) is -0.112. The lowest BCUT2D eigenvalue weighted by Gasteiger charge is -1.92. The van der Waals surface area contributed by atoms with Crippen molar-refractivity contribution in [1.82, 2.24) is 0 Å². The molecular formula is C20H21NO5. The highest BCUT2D eigenvalue weighted by Gasteiger charge is 1.88. The fourth-order valence-corrected chi connectivity index (χ4v) is 0.815. The van der Waals surface area contributed by atoms with Crippen molar-refractivity contribution in [2.75, 3.05) is 6.61 Å². The lowest BCUT2D eigenvalue weighted by Crippen LogP contribution is -1.98. The number of ether oxygens (including phenoxy) is 1. The summed E-state index contributed by atoms with van der Waals surface area (Å²) in [5, 5.41) is 15.1. The molecule has 0 spiro atoms. The van der Waals surface area contributed by atoms with Gasteiger partial charge in [-0.1, -0.05) is 68.8 Å². The SMILES string of the molecule is C=CC(=O)O.C=CCOC(=O)C=C.C=Cc1ccccc1.N#CC=C=O. The lowest BCUT2D eigenvalue weighted by molar-refractivity contribution is -0.136. The molecule has 0 unspecified atom stereocenters. The highest BCUT2D eigenvalue weighted by atomic mass is 16.5. The van der Waals surface area contributed by atoms with Crippen LogP contribution in [-0.4, -0.2) is 29.6 Å². The molecule has 0 saturated carbocycles. The van der Waals surface area contributed by atoms with Crippen LogP contribution < -0.4 is 0 Å². The zero-order chi connectivity index (χ0) is 20.6. The van der Waals surface area contributed by atoms with E-state index in [0.717, 1.165) is 18.2 Å². The van der Waals surface area contributed by atoms with Gasteiger partial charge in [0.15, 0.2) is 0 Å². The molecule has 1 rings (SSSR count). The number of nitrogens with zero attached hydrogens (tertiary/aromatic N) is 1. The molecule has 0 aliphatic heterocycles. The maximum atomic E-state index is 10.2. The predicted molar refractivity (Wildman–Crippen MR) is 102 cm³/mol. The molecule has 136 valence electrons. The molecule has 0 aromatic heterocycles. The van der Waals surface area contributed by atoms with Crippen LogP contribution in [0.3, 0.4) is 0 Å². The third kappa shape index (κ3) is 28.3. The largest absolute Gasteiger partial charge is 0.478 e. The van der Waals surface area contributed by atoms with Crippen LogP contribution in [0, 0.1) is 11.3 Å². The number of carbonyl (C=O) groups excluding carboxylic acids is 2. The molecule has 0 radical (unpaired) electrons. The third-order valence-corrected chi connectivity index (χ3v) is 1.84. The van der Waals surface area contributed by atoms with Gasteiger partial charge in [-0.15, -0.1) is 0 Å². The molecule has 0 aliphatic rings. The maximum absolute atomic E-state index is 10.2. The maximum Gasteiger partial charge on any atom is 0.330 e. The van der Waals surface area contributed by atoms with E-state index in [9.17, 15) is 9.59 Å². The van der Waals surface area contributed by atoms with Gasteiger partial charge in [-0.3, -0.25) is 0 Å². The number of nitriles is 1. The second-order valence-electron chi connectivity index (χ2n) is 3.67. The number of esters is 1. The summed E-state index contributed by atoms with van der Waals surface area (Å²) in [5.41, 5.74) is 1.17. The molecule has 6 nitrogen and oxygen atoms in total. The van der Waals surface area contributed by atoms with Gasteiger partial charge in [-0.05, 0) is 5.56 Å². The monoisotopic (exact) mass is 355 g/mol. The highest BCUT2D eigenvalue weighted by molar-refractivity contribution is 5.81. The van der Waals surface area contributed by atoms with Crippen molar-refractivity contribution < 1.29 is 24.2 Å². The smallest absolute Gasteiger partial charge is 0.330 e. The minimum absolute atomic E-state index is 0.255. The van der Waals surface area contributed by atoms with E-state index in [1.165, 1.54) is 23.7 Å². The minimum Gasteiger partial charge on any atom is -0.478 e. The van der Waals surface area contributed by atoms with Crippen LogP contribution >= 0.6 is 0 Å². The number of rotatable bonds is 5. The third-order valence-electron chi connectivity index (χ3n) is 1.84. The fraction of sp³-hybridized carbons (Fsp3) is 0.0500. The number of aliphatic carboxylic acids is 1. The Hall–Kier alpha value is -3.94. The van der Waals surface area contributed by atoms with E-state index in [4.69, 9.17) is 15.2 Å². The average Bonchev–Trinajstić information content (AvgIpc) is 2.68. The van der Waals surface area contributed by atoms with Crippen LogP contribution in [0.4, 0.5) is 0 Å². The zero-order valence-corrected chi connectivity index (χ0v) is 14.3. The predicted octanol–water partition coefficient (Wildman–Crippen LogP) is 3.39. The van der Waals surface area contributed by atoms with Crippen molar-refractivity contribution in [3.8, 4) is 6.07 Å². The lowest BCUT2D eigenvalue weighted by atomic mass is 10.2. The summed E-state index contributed by atoms with van der Waals surface area (Å²) >= 11 is 0. The number of hydrogen-bond acceptors (Lipinski definition) is 5. The van der Waals surface area contributed by atoms with Crippen molar-refractivity contribution in [2.45, 2.75) is 0 Å². The van der Waals surface area contributed by atoms with Gasteiger partial charge >= 0.3 is 11.9 Å². The number of carboxylic acid groups (broad SMARTS) is 1. The van der Waals surface area contributed by atoms with E-state index >= 15 is 0 Å². The Balaban J connectivity index is -0.000000279. The van der Waals surface area contributed by atoms with Crippen molar-refractivity contribution in [2.24, 2.45) is 0 Å². The minimum atomic E-state index is -0.981. The summed E-state index contributed by atoms with van der Waals surface area (Å²) in [6.45, 7) is 13.4. The van der Waals surface area contributed by atoms with Crippen molar-refractivity contribution >= 4 is 24.0 Å².